The van der Waals surface area contributed by atoms with Crippen molar-refractivity contribution in [3.8, 4) is 17.1 Å². The van der Waals surface area contributed by atoms with E-state index in [1.807, 2.05) is 77.1 Å². The van der Waals surface area contributed by atoms with Gasteiger partial charge in [0.05, 0.1) is 11.9 Å². The third-order valence-corrected chi connectivity index (χ3v) is 6.05. The van der Waals surface area contributed by atoms with Crippen molar-refractivity contribution in [2.45, 2.75) is 31.0 Å². The van der Waals surface area contributed by atoms with Gasteiger partial charge in [0.2, 0.25) is 5.91 Å². The highest BCUT2D eigenvalue weighted by Gasteiger charge is 2.25. The number of para-hydroxylation sites is 1. The van der Waals surface area contributed by atoms with Crippen molar-refractivity contribution >= 4 is 17.7 Å². The minimum absolute atomic E-state index is 0.119. The van der Waals surface area contributed by atoms with Gasteiger partial charge in [-0.25, -0.2) is 0 Å². The molecule has 6 nitrogen and oxygen atoms in total. The minimum Gasteiger partial charge on any atom is -0.377 e. The molecule has 156 valence electrons. The molecule has 2 aromatic carbocycles. The molecule has 7 heteroatoms. The summed E-state index contributed by atoms with van der Waals surface area (Å²) in [4.78, 5) is 14.8. The fraction of sp³-hybridized carbons (Fsp3) is 0.348. The molecule has 1 aliphatic rings. The first-order valence-electron chi connectivity index (χ1n) is 10.3. The molecule has 3 aromatic rings. The maximum Gasteiger partial charge on any atom is 0.233 e. The Hall–Kier alpha value is -2.64. The van der Waals surface area contributed by atoms with Gasteiger partial charge in [-0.3, -0.25) is 9.36 Å². The van der Waals surface area contributed by atoms with Crippen LogP contribution in [0.25, 0.3) is 17.1 Å². The van der Waals surface area contributed by atoms with Gasteiger partial charge in [-0.15, -0.1) is 10.2 Å². The van der Waals surface area contributed by atoms with Gasteiger partial charge in [0, 0.05) is 30.9 Å². The van der Waals surface area contributed by atoms with E-state index in [2.05, 4.69) is 10.2 Å². The van der Waals surface area contributed by atoms with Crippen LogP contribution in [0.15, 0.2) is 65.8 Å². The van der Waals surface area contributed by atoms with Crippen LogP contribution in [0, 0.1) is 0 Å². The Kier molecular flexibility index (Phi) is 6.81. The van der Waals surface area contributed by atoms with Crippen molar-refractivity contribution in [2.75, 3.05) is 25.4 Å². The van der Waals surface area contributed by atoms with Crippen molar-refractivity contribution in [2.24, 2.45) is 0 Å². The molecule has 0 aliphatic carbocycles. The van der Waals surface area contributed by atoms with Crippen LogP contribution in [0.4, 0.5) is 0 Å². The number of piperidine rings is 1. The first-order valence-corrected chi connectivity index (χ1v) is 11.3. The van der Waals surface area contributed by atoms with Gasteiger partial charge >= 0.3 is 0 Å². The number of benzene rings is 2. The summed E-state index contributed by atoms with van der Waals surface area (Å²) in [6.07, 6.45) is 2.16. The zero-order chi connectivity index (χ0) is 20.8. The van der Waals surface area contributed by atoms with Gasteiger partial charge in [0.15, 0.2) is 11.0 Å². The smallest absolute Gasteiger partial charge is 0.233 e. The van der Waals surface area contributed by atoms with Crippen LogP contribution < -0.4 is 0 Å². The van der Waals surface area contributed by atoms with Crippen LogP contribution in [0.1, 0.15) is 19.8 Å². The second-order valence-electron chi connectivity index (χ2n) is 7.19. The van der Waals surface area contributed by atoms with Gasteiger partial charge in [-0.2, -0.15) is 0 Å². The Labute approximate surface area is 181 Å². The fourth-order valence-corrected chi connectivity index (χ4v) is 4.56. The van der Waals surface area contributed by atoms with E-state index >= 15 is 0 Å². The number of nitrogens with zero attached hydrogens (tertiary/aromatic N) is 4. The number of hydrogen-bond donors (Lipinski definition) is 0. The molecule has 4 rings (SSSR count). The number of ether oxygens (including phenoxy) is 1. The third-order valence-electron chi connectivity index (χ3n) is 5.14. The summed E-state index contributed by atoms with van der Waals surface area (Å²) >= 11 is 1.43. The second-order valence-corrected chi connectivity index (χ2v) is 8.13. The Morgan fingerprint density at radius 2 is 1.83 bits per heavy atom. The van der Waals surface area contributed by atoms with E-state index in [9.17, 15) is 4.79 Å². The van der Waals surface area contributed by atoms with Crippen molar-refractivity contribution in [1.29, 1.82) is 0 Å². The second kappa shape index (κ2) is 9.91. The lowest BCUT2D eigenvalue weighted by molar-refractivity contribution is -0.132. The molecule has 0 spiro atoms. The monoisotopic (exact) mass is 422 g/mol. The summed E-state index contributed by atoms with van der Waals surface area (Å²) in [5, 5.41) is 9.56. The Bertz CT molecular complexity index is 960. The number of hydrogen-bond acceptors (Lipinski definition) is 5. The van der Waals surface area contributed by atoms with Gasteiger partial charge in [0.25, 0.3) is 0 Å². The van der Waals surface area contributed by atoms with E-state index in [-0.39, 0.29) is 12.0 Å². The molecule has 0 N–H and O–H groups in total. The summed E-state index contributed by atoms with van der Waals surface area (Å²) in [7, 11) is 0. The molecular weight excluding hydrogens is 396 g/mol. The highest BCUT2D eigenvalue weighted by Crippen LogP contribution is 2.28. The van der Waals surface area contributed by atoms with E-state index in [0.29, 0.717) is 24.1 Å². The first kappa shape index (κ1) is 20.6. The molecule has 1 amide bonds. The summed E-state index contributed by atoms with van der Waals surface area (Å²) in [6, 6.07) is 20.0. The van der Waals surface area contributed by atoms with E-state index in [1.165, 1.54) is 11.8 Å². The number of thioether (sulfide) groups is 1. The molecule has 1 aromatic heterocycles. The van der Waals surface area contributed by atoms with Crippen LogP contribution in [0.5, 0.6) is 0 Å². The quantitative estimate of drug-likeness (QED) is 0.538. The lowest BCUT2D eigenvalue weighted by atomic mass is 10.1. The molecule has 1 saturated heterocycles. The molecule has 0 radical (unpaired) electrons. The molecule has 30 heavy (non-hydrogen) atoms. The van der Waals surface area contributed by atoms with Crippen LogP contribution in [0.3, 0.4) is 0 Å². The maximum atomic E-state index is 12.8. The standard InChI is InChI=1S/C23H26N4O2S/c1-2-29-20-14-9-15-26(16-20)21(28)17-30-23-25-24-22(18-10-5-3-6-11-18)27(23)19-12-7-4-8-13-19/h3-8,10-13,20H,2,9,14-17H2,1H3. The largest absolute Gasteiger partial charge is 0.377 e. The van der Waals surface area contributed by atoms with Crippen molar-refractivity contribution in [1.82, 2.24) is 19.7 Å². The maximum absolute atomic E-state index is 12.8. The summed E-state index contributed by atoms with van der Waals surface area (Å²) in [5.41, 5.74) is 1.97. The highest BCUT2D eigenvalue weighted by molar-refractivity contribution is 7.99. The SMILES string of the molecule is CCOC1CCCN(C(=O)CSc2nnc(-c3ccccc3)n2-c2ccccc2)C1. The topological polar surface area (TPSA) is 60.2 Å². The van der Waals surface area contributed by atoms with Crippen LogP contribution >= 0.6 is 11.8 Å². The number of amides is 1. The fourth-order valence-electron chi connectivity index (χ4n) is 3.70. The highest BCUT2D eigenvalue weighted by atomic mass is 32.2. The molecule has 1 unspecified atom stereocenters. The zero-order valence-electron chi connectivity index (χ0n) is 17.1. The molecule has 2 heterocycles. The number of likely N-dealkylation sites (tertiary alicyclic amines) is 1. The van der Waals surface area contributed by atoms with E-state index < -0.39 is 0 Å². The first-order chi connectivity index (χ1) is 14.8. The van der Waals surface area contributed by atoms with E-state index in [4.69, 9.17) is 4.74 Å². The summed E-state index contributed by atoms with van der Waals surface area (Å²) in [5.74, 6) is 1.22. The Morgan fingerprint density at radius 1 is 1.10 bits per heavy atom. The molecule has 1 atom stereocenters. The van der Waals surface area contributed by atoms with E-state index in [0.717, 1.165) is 36.5 Å². The lowest BCUT2D eigenvalue weighted by Gasteiger charge is -2.32. The summed E-state index contributed by atoms with van der Waals surface area (Å²) in [6.45, 7) is 4.15. The molecule has 1 aliphatic heterocycles. The predicted molar refractivity (Wildman–Crippen MR) is 119 cm³/mol. The summed E-state index contributed by atoms with van der Waals surface area (Å²) < 4.78 is 7.75. The third kappa shape index (κ3) is 4.74. The van der Waals surface area contributed by atoms with Crippen molar-refractivity contribution in [3.05, 3.63) is 60.7 Å². The van der Waals surface area contributed by atoms with Gasteiger partial charge in [0.1, 0.15) is 0 Å². The van der Waals surface area contributed by atoms with Crippen molar-refractivity contribution in [3.63, 3.8) is 0 Å². The van der Waals surface area contributed by atoms with Crippen LogP contribution in [-0.4, -0.2) is 57.1 Å². The average molecular weight is 423 g/mol. The lowest BCUT2D eigenvalue weighted by Crippen LogP contribution is -2.44. The molecular formula is C23H26N4O2S. The van der Waals surface area contributed by atoms with Gasteiger partial charge in [-0.1, -0.05) is 60.3 Å². The normalized spacial score (nSPS) is 16.6. The Balaban J connectivity index is 1.53. The van der Waals surface area contributed by atoms with Crippen LogP contribution in [0.2, 0.25) is 0 Å². The number of carbonyl (C=O) groups is 1. The minimum atomic E-state index is 0.119. The zero-order valence-corrected chi connectivity index (χ0v) is 17.9. The average Bonchev–Trinajstić information content (AvgIpc) is 3.23. The molecule has 1 fully saturated rings. The number of aromatic nitrogens is 3. The number of rotatable bonds is 7. The van der Waals surface area contributed by atoms with Gasteiger partial charge in [-0.05, 0) is 31.9 Å². The Morgan fingerprint density at radius 3 is 2.57 bits per heavy atom. The van der Waals surface area contributed by atoms with E-state index in [1.54, 1.807) is 0 Å². The predicted octanol–water partition coefficient (Wildman–Crippen LogP) is 4.05. The molecule has 0 bridgehead atoms. The van der Waals surface area contributed by atoms with Crippen LogP contribution in [-0.2, 0) is 9.53 Å². The van der Waals surface area contributed by atoms with Gasteiger partial charge < -0.3 is 9.64 Å². The van der Waals surface area contributed by atoms with Crippen molar-refractivity contribution < 1.29 is 9.53 Å². The molecule has 0 saturated carbocycles. The number of carbonyl (C=O) groups excluding carboxylic acids is 1.